The minimum atomic E-state index is -0.924. The summed E-state index contributed by atoms with van der Waals surface area (Å²) in [5.74, 6) is -1.58. The molecule has 0 bridgehead atoms. The molecule has 3 rings (SSSR count). The van der Waals surface area contributed by atoms with E-state index in [0.29, 0.717) is 0 Å². The number of aliphatic hydroxyl groups is 1. The van der Waals surface area contributed by atoms with Crippen LogP contribution in [0.15, 0.2) is 30.5 Å². The molecule has 1 aliphatic rings. The van der Waals surface area contributed by atoms with Crippen LogP contribution in [0, 0.1) is 17.7 Å². The zero-order valence-electron chi connectivity index (χ0n) is 12.8. The summed E-state index contributed by atoms with van der Waals surface area (Å²) in [4.78, 5) is 15.5. The molecule has 0 radical (unpaired) electrons. The largest absolute Gasteiger partial charge is 0.481 e. The molecule has 1 saturated carbocycles. The molecule has 4 nitrogen and oxygen atoms in total. The summed E-state index contributed by atoms with van der Waals surface area (Å²) >= 11 is 0. The molecule has 5 heteroatoms. The summed E-state index contributed by atoms with van der Waals surface area (Å²) < 4.78 is 13.6. The van der Waals surface area contributed by atoms with Gasteiger partial charge in [-0.2, -0.15) is 0 Å². The Hall–Kier alpha value is -2.01. The number of carboxylic acids is 1. The van der Waals surface area contributed by atoms with Crippen molar-refractivity contribution in [2.75, 3.05) is 6.61 Å². The van der Waals surface area contributed by atoms with Crippen molar-refractivity contribution in [1.29, 1.82) is 0 Å². The molecule has 2 aromatic rings. The Morgan fingerprint density at radius 3 is 2.65 bits per heavy atom. The summed E-state index contributed by atoms with van der Waals surface area (Å²) in [5.41, 5.74) is 1.87. The monoisotopic (exact) mass is 317 g/mol. The quantitative estimate of drug-likeness (QED) is 0.907. The Balaban J connectivity index is 1.80. The summed E-state index contributed by atoms with van der Waals surface area (Å²) in [7, 11) is 0. The molecule has 0 amide bonds. The van der Waals surface area contributed by atoms with Crippen LogP contribution < -0.4 is 0 Å². The number of rotatable bonds is 4. The van der Waals surface area contributed by atoms with E-state index in [1.165, 1.54) is 12.1 Å². The van der Waals surface area contributed by atoms with Crippen LogP contribution in [-0.4, -0.2) is 27.8 Å². The van der Waals surface area contributed by atoms with Crippen LogP contribution in [-0.2, 0) is 4.79 Å². The third-order valence-electron chi connectivity index (χ3n) is 5.03. The maximum atomic E-state index is 13.6. The van der Waals surface area contributed by atoms with Crippen LogP contribution in [0.25, 0.3) is 10.9 Å². The highest BCUT2D eigenvalue weighted by atomic mass is 19.1. The second-order valence-corrected chi connectivity index (χ2v) is 6.30. The summed E-state index contributed by atoms with van der Waals surface area (Å²) in [6.07, 6.45) is 4.98. The number of aliphatic carboxylic acids is 1. The van der Waals surface area contributed by atoms with Gasteiger partial charge in [0.2, 0.25) is 0 Å². The first-order valence-electron chi connectivity index (χ1n) is 7.98. The topological polar surface area (TPSA) is 70.4 Å². The van der Waals surface area contributed by atoms with Crippen LogP contribution in [0.5, 0.6) is 0 Å². The molecule has 1 aromatic carbocycles. The van der Waals surface area contributed by atoms with Crippen molar-refractivity contribution in [3.8, 4) is 0 Å². The first-order valence-corrected chi connectivity index (χ1v) is 7.98. The molecular formula is C18H20FNO3. The molecule has 1 fully saturated rings. The highest BCUT2D eigenvalue weighted by Crippen LogP contribution is 2.40. The smallest absolute Gasteiger partial charge is 0.309 e. The third-order valence-corrected chi connectivity index (χ3v) is 5.03. The maximum absolute atomic E-state index is 13.6. The van der Waals surface area contributed by atoms with Crippen molar-refractivity contribution in [2.45, 2.75) is 31.6 Å². The van der Waals surface area contributed by atoms with Crippen molar-refractivity contribution < 1.29 is 19.4 Å². The zero-order chi connectivity index (χ0) is 16.4. The van der Waals surface area contributed by atoms with Crippen molar-refractivity contribution in [2.24, 2.45) is 11.8 Å². The second kappa shape index (κ2) is 6.62. The number of fused-ring (bicyclic) bond motifs is 1. The van der Waals surface area contributed by atoms with Gasteiger partial charge in [-0.3, -0.25) is 9.78 Å². The van der Waals surface area contributed by atoms with Crippen LogP contribution in [0.1, 0.15) is 37.2 Å². The Kier molecular flexibility index (Phi) is 4.57. The SMILES string of the molecule is O=C(O)C(CO)[C@H]1CC[C@@H](c2ccnc3ccc(F)cc32)CC1. The number of aliphatic hydroxyl groups excluding tert-OH is 1. The number of aromatic nitrogens is 1. The van der Waals surface area contributed by atoms with E-state index in [2.05, 4.69) is 4.98 Å². The fourth-order valence-electron chi connectivity index (χ4n) is 3.76. The molecule has 122 valence electrons. The number of halogens is 1. The van der Waals surface area contributed by atoms with Gasteiger partial charge in [0.05, 0.1) is 18.0 Å². The summed E-state index contributed by atoms with van der Waals surface area (Å²) in [5, 5.41) is 19.3. The fraction of sp³-hybridized carbons (Fsp3) is 0.444. The van der Waals surface area contributed by atoms with E-state index >= 15 is 0 Å². The summed E-state index contributed by atoms with van der Waals surface area (Å²) in [6, 6.07) is 6.56. The average molecular weight is 317 g/mol. The van der Waals surface area contributed by atoms with Gasteiger partial charge in [0.1, 0.15) is 5.82 Å². The number of carboxylic acid groups (broad SMARTS) is 1. The van der Waals surface area contributed by atoms with Gasteiger partial charge in [-0.15, -0.1) is 0 Å². The van der Waals surface area contributed by atoms with Gasteiger partial charge >= 0.3 is 5.97 Å². The molecule has 1 unspecified atom stereocenters. The van der Waals surface area contributed by atoms with Crippen molar-refractivity contribution in [3.05, 3.63) is 41.8 Å². The molecule has 23 heavy (non-hydrogen) atoms. The molecule has 0 saturated heterocycles. The standard InChI is InChI=1S/C18H20FNO3/c19-13-5-6-17-15(9-13)14(7-8-20-17)11-1-3-12(4-2-11)16(10-21)18(22)23/h5-9,11-12,16,21H,1-4,10H2,(H,22,23)/t11-,12+,16?. The van der Waals surface area contributed by atoms with Crippen LogP contribution >= 0.6 is 0 Å². The Bertz CT molecular complexity index is 710. The molecule has 1 aromatic heterocycles. The first-order chi connectivity index (χ1) is 11.1. The highest BCUT2D eigenvalue weighted by molar-refractivity contribution is 5.82. The number of carbonyl (C=O) groups is 1. The van der Waals surface area contributed by atoms with E-state index in [1.54, 1.807) is 12.3 Å². The molecule has 1 atom stereocenters. The maximum Gasteiger partial charge on any atom is 0.309 e. The van der Waals surface area contributed by atoms with Crippen LogP contribution in [0.2, 0.25) is 0 Å². The lowest BCUT2D eigenvalue weighted by atomic mass is 9.73. The number of pyridine rings is 1. The molecule has 2 N–H and O–H groups in total. The van der Waals surface area contributed by atoms with E-state index in [-0.39, 0.29) is 24.3 Å². The molecular weight excluding hydrogens is 297 g/mol. The predicted octanol–water partition coefficient (Wildman–Crippen LogP) is 3.34. The number of hydrogen-bond donors (Lipinski definition) is 2. The van der Waals surface area contributed by atoms with Crippen LogP contribution in [0.3, 0.4) is 0 Å². The molecule has 1 heterocycles. The lowest BCUT2D eigenvalue weighted by Gasteiger charge is -2.32. The normalized spacial score (nSPS) is 22.9. The van der Waals surface area contributed by atoms with E-state index < -0.39 is 11.9 Å². The van der Waals surface area contributed by atoms with Gasteiger partial charge in [-0.25, -0.2) is 4.39 Å². The van der Waals surface area contributed by atoms with Gasteiger partial charge in [0.15, 0.2) is 0 Å². The van der Waals surface area contributed by atoms with Crippen LogP contribution in [0.4, 0.5) is 4.39 Å². The van der Waals surface area contributed by atoms with E-state index in [0.717, 1.165) is 42.1 Å². The number of nitrogens with zero attached hydrogens (tertiary/aromatic N) is 1. The van der Waals surface area contributed by atoms with Gasteiger partial charge in [-0.05, 0) is 67.3 Å². The predicted molar refractivity (Wildman–Crippen MR) is 84.6 cm³/mol. The number of benzene rings is 1. The third kappa shape index (κ3) is 3.20. The van der Waals surface area contributed by atoms with Gasteiger partial charge in [-0.1, -0.05) is 0 Å². The Labute approximate surface area is 134 Å². The Morgan fingerprint density at radius 2 is 2.00 bits per heavy atom. The van der Waals surface area contributed by atoms with Gasteiger partial charge < -0.3 is 10.2 Å². The fourth-order valence-corrected chi connectivity index (χ4v) is 3.76. The van der Waals surface area contributed by atoms with Crippen molar-refractivity contribution >= 4 is 16.9 Å². The Morgan fingerprint density at radius 1 is 1.26 bits per heavy atom. The molecule has 0 spiro atoms. The van der Waals surface area contributed by atoms with E-state index in [4.69, 9.17) is 0 Å². The summed E-state index contributed by atoms with van der Waals surface area (Å²) in [6.45, 7) is -0.311. The lowest BCUT2D eigenvalue weighted by molar-refractivity contribution is -0.145. The zero-order valence-corrected chi connectivity index (χ0v) is 12.8. The first kappa shape index (κ1) is 15.9. The molecule has 1 aliphatic carbocycles. The molecule has 0 aliphatic heterocycles. The van der Waals surface area contributed by atoms with Crippen molar-refractivity contribution in [1.82, 2.24) is 4.98 Å². The van der Waals surface area contributed by atoms with Crippen molar-refractivity contribution in [3.63, 3.8) is 0 Å². The van der Waals surface area contributed by atoms with Gasteiger partial charge in [0, 0.05) is 11.6 Å². The van der Waals surface area contributed by atoms with E-state index in [1.807, 2.05) is 6.07 Å². The highest BCUT2D eigenvalue weighted by Gasteiger charge is 2.32. The lowest BCUT2D eigenvalue weighted by Crippen LogP contribution is -2.29. The second-order valence-electron chi connectivity index (χ2n) is 6.30. The minimum absolute atomic E-state index is 0.0126. The number of hydrogen-bond acceptors (Lipinski definition) is 3. The van der Waals surface area contributed by atoms with E-state index in [9.17, 15) is 19.4 Å². The average Bonchev–Trinajstić information content (AvgIpc) is 2.55. The minimum Gasteiger partial charge on any atom is -0.481 e. The van der Waals surface area contributed by atoms with Gasteiger partial charge in [0.25, 0.3) is 0 Å².